The summed E-state index contributed by atoms with van der Waals surface area (Å²) in [4.78, 5) is 4.11. The quantitative estimate of drug-likeness (QED) is 0.738. The lowest BCUT2D eigenvalue weighted by Gasteiger charge is -2.29. The van der Waals surface area contributed by atoms with Crippen LogP contribution in [0.5, 0.6) is 0 Å². The molecule has 2 rings (SSSR count). The van der Waals surface area contributed by atoms with Crippen molar-refractivity contribution < 1.29 is 5.11 Å². The van der Waals surface area contributed by atoms with Crippen molar-refractivity contribution in [3.05, 3.63) is 30.1 Å². The van der Waals surface area contributed by atoms with E-state index in [0.717, 1.165) is 19.4 Å². The van der Waals surface area contributed by atoms with Gasteiger partial charge in [0.05, 0.1) is 0 Å². The van der Waals surface area contributed by atoms with Crippen molar-refractivity contribution in [2.75, 3.05) is 13.2 Å². The Hall–Kier alpha value is -0.930. The van der Waals surface area contributed by atoms with E-state index >= 15 is 0 Å². The minimum atomic E-state index is 0.304. The summed E-state index contributed by atoms with van der Waals surface area (Å²) in [7, 11) is 0. The predicted octanol–water partition coefficient (Wildman–Crippen LogP) is 1.11. The zero-order valence-electron chi connectivity index (χ0n) is 8.19. The van der Waals surface area contributed by atoms with Crippen molar-refractivity contribution in [2.45, 2.75) is 18.9 Å². The number of hydrogen-bond donors (Lipinski definition) is 2. The fourth-order valence-corrected chi connectivity index (χ4v) is 2.00. The normalized spacial score (nSPS) is 27.5. The van der Waals surface area contributed by atoms with Gasteiger partial charge in [0.2, 0.25) is 0 Å². The van der Waals surface area contributed by atoms with Gasteiger partial charge in [0.15, 0.2) is 0 Å². The SMILES string of the molecule is OCC1CCNC(c2cccnc2)C1. The molecule has 14 heavy (non-hydrogen) atoms. The highest BCUT2D eigenvalue weighted by molar-refractivity contribution is 5.14. The standard InChI is InChI=1S/C11H16N2O/c14-8-9-3-5-13-11(6-9)10-2-1-4-12-7-10/h1-2,4,7,9,11,13-14H,3,5-6,8H2. The number of nitrogens with zero attached hydrogens (tertiary/aromatic N) is 1. The summed E-state index contributed by atoms with van der Waals surface area (Å²) >= 11 is 0. The zero-order valence-corrected chi connectivity index (χ0v) is 8.19. The third-order valence-corrected chi connectivity index (χ3v) is 2.86. The molecule has 1 saturated heterocycles. The molecule has 0 radical (unpaired) electrons. The molecule has 0 amide bonds. The van der Waals surface area contributed by atoms with Crippen molar-refractivity contribution in [3.8, 4) is 0 Å². The molecule has 0 aromatic carbocycles. The predicted molar refractivity (Wildman–Crippen MR) is 54.8 cm³/mol. The highest BCUT2D eigenvalue weighted by Gasteiger charge is 2.21. The van der Waals surface area contributed by atoms with E-state index in [4.69, 9.17) is 5.11 Å². The average molecular weight is 192 g/mol. The number of rotatable bonds is 2. The third-order valence-electron chi connectivity index (χ3n) is 2.86. The summed E-state index contributed by atoms with van der Waals surface area (Å²) in [5.74, 6) is 0.446. The van der Waals surface area contributed by atoms with Gasteiger partial charge in [-0.2, -0.15) is 0 Å². The lowest BCUT2D eigenvalue weighted by molar-refractivity contribution is 0.176. The third kappa shape index (κ3) is 2.11. The van der Waals surface area contributed by atoms with Crippen LogP contribution in [0.4, 0.5) is 0 Å². The number of nitrogens with one attached hydrogen (secondary N) is 1. The zero-order chi connectivity index (χ0) is 9.80. The first-order chi connectivity index (χ1) is 6.90. The van der Waals surface area contributed by atoms with Crippen LogP contribution in [0, 0.1) is 5.92 Å². The van der Waals surface area contributed by atoms with E-state index in [1.165, 1.54) is 5.56 Å². The first kappa shape index (κ1) is 9.62. The maximum absolute atomic E-state index is 9.11. The Kier molecular flexibility index (Phi) is 3.11. The fourth-order valence-electron chi connectivity index (χ4n) is 2.00. The minimum Gasteiger partial charge on any atom is -0.396 e. The van der Waals surface area contributed by atoms with Crippen LogP contribution in [0.25, 0.3) is 0 Å². The van der Waals surface area contributed by atoms with Gasteiger partial charge in [0.1, 0.15) is 0 Å². The number of aliphatic hydroxyl groups is 1. The van der Waals surface area contributed by atoms with Crippen molar-refractivity contribution >= 4 is 0 Å². The molecule has 0 aliphatic carbocycles. The molecule has 2 heterocycles. The largest absolute Gasteiger partial charge is 0.396 e. The highest BCUT2D eigenvalue weighted by atomic mass is 16.3. The minimum absolute atomic E-state index is 0.304. The molecule has 0 saturated carbocycles. The van der Waals surface area contributed by atoms with E-state index in [2.05, 4.69) is 16.4 Å². The van der Waals surface area contributed by atoms with E-state index in [9.17, 15) is 0 Å². The second-order valence-corrected chi connectivity index (χ2v) is 3.87. The Balaban J connectivity index is 2.04. The van der Waals surface area contributed by atoms with Crippen LogP contribution in [-0.4, -0.2) is 23.2 Å². The van der Waals surface area contributed by atoms with Crippen LogP contribution in [0.2, 0.25) is 0 Å². The summed E-state index contributed by atoms with van der Waals surface area (Å²) in [6, 6.07) is 4.42. The molecule has 2 N–H and O–H groups in total. The van der Waals surface area contributed by atoms with Gasteiger partial charge in [0.25, 0.3) is 0 Å². The molecule has 2 atom stereocenters. The van der Waals surface area contributed by atoms with Gasteiger partial charge in [-0.15, -0.1) is 0 Å². The van der Waals surface area contributed by atoms with E-state index in [0.29, 0.717) is 18.6 Å². The summed E-state index contributed by atoms with van der Waals surface area (Å²) in [5.41, 5.74) is 1.23. The van der Waals surface area contributed by atoms with E-state index in [1.807, 2.05) is 12.3 Å². The van der Waals surface area contributed by atoms with Crippen LogP contribution in [-0.2, 0) is 0 Å². The molecular weight excluding hydrogens is 176 g/mol. The van der Waals surface area contributed by atoms with Gasteiger partial charge in [-0.05, 0) is 36.9 Å². The van der Waals surface area contributed by atoms with Crippen LogP contribution in [0.15, 0.2) is 24.5 Å². The molecule has 2 unspecified atom stereocenters. The van der Waals surface area contributed by atoms with Gasteiger partial charge in [-0.25, -0.2) is 0 Å². The van der Waals surface area contributed by atoms with Crippen LogP contribution >= 0.6 is 0 Å². The van der Waals surface area contributed by atoms with Gasteiger partial charge in [0, 0.05) is 25.0 Å². The lowest BCUT2D eigenvalue weighted by atomic mass is 9.90. The van der Waals surface area contributed by atoms with Gasteiger partial charge in [-0.1, -0.05) is 6.07 Å². The number of piperidine rings is 1. The highest BCUT2D eigenvalue weighted by Crippen LogP contribution is 2.26. The molecule has 1 aromatic heterocycles. The Bertz CT molecular complexity index is 276. The average Bonchev–Trinajstić information content (AvgIpc) is 2.30. The molecule has 3 heteroatoms. The van der Waals surface area contributed by atoms with E-state index in [-0.39, 0.29) is 0 Å². The molecule has 1 aliphatic rings. The summed E-state index contributed by atoms with van der Waals surface area (Å²) in [6.07, 6.45) is 5.78. The van der Waals surface area contributed by atoms with Gasteiger partial charge < -0.3 is 10.4 Å². The maximum Gasteiger partial charge on any atom is 0.0460 e. The van der Waals surface area contributed by atoms with Crippen LogP contribution in [0.1, 0.15) is 24.4 Å². The summed E-state index contributed by atoms with van der Waals surface area (Å²) < 4.78 is 0. The molecule has 1 aliphatic heterocycles. The number of pyridine rings is 1. The monoisotopic (exact) mass is 192 g/mol. The van der Waals surface area contributed by atoms with Crippen molar-refractivity contribution in [1.29, 1.82) is 0 Å². The first-order valence-electron chi connectivity index (χ1n) is 5.14. The second kappa shape index (κ2) is 4.53. The lowest BCUT2D eigenvalue weighted by Crippen LogP contribution is -2.33. The second-order valence-electron chi connectivity index (χ2n) is 3.87. The topological polar surface area (TPSA) is 45.1 Å². The summed E-state index contributed by atoms with van der Waals surface area (Å²) in [6.45, 7) is 1.29. The Morgan fingerprint density at radius 3 is 3.21 bits per heavy atom. The molecule has 3 nitrogen and oxygen atoms in total. The van der Waals surface area contributed by atoms with E-state index < -0.39 is 0 Å². The molecule has 0 spiro atoms. The van der Waals surface area contributed by atoms with Crippen molar-refractivity contribution in [3.63, 3.8) is 0 Å². The molecule has 76 valence electrons. The van der Waals surface area contributed by atoms with Crippen LogP contribution < -0.4 is 5.32 Å². The smallest absolute Gasteiger partial charge is 0.0460 e. The molecule has 1 fully saturated rings. The number of hydrogen-bond acceptors (Lipinski definition) is 3. The Morgan fingerprint density at radius 2 is 2.50 bits per heavy atom. The number of aromatic nitrogens is 1. The number of aliphatic hydroxyl groups excluding tert-OH is 1. The fraction of sp³-hybridized carbons (Fsp3) is 0.545. The Morgan fingerprint density at radius 1 is 1.57 bits per heavy atom. The maximum atomic E-state index is 9.11. The molecule has 0 bridgehead atoms. The Labute approximate surface area is 84.2 Å². The van der Waals surface area contributed by atoms with Crippen molar-refractivity contribution in [1.82, 2.24) is 10.3 Å². The molecule has 1 aromatic rings. The van der Waals surface area contributed by atoms with E-state index in [1.54, 1.807) is 6.20 Å². The molecular formula is C11H16N2O. The van der Waals surface area contributed by atoms with Crippen molar-refractivity contribution in [2.24, 2.45) is 5.92 Å². The summed E-state index contributed by atoms with van der Waals surface area (Å²) in [5, 5.41) is 12.6. The first-order valence-corrected chi connectivity index (χ1v) is 5.14. The van der Waals surface area contributed by atoms with Crippen LogP contribution in [0.3, 0.4) is 0 Å². The van der Waals surface area contributed by atoms with Gasteiger partial charge >= 0.3 is 0 Å². The van der Waals surface area contributed by atoms with Gasteiger partial charge in [-0.3, -0.25) is 4.98 Å².